The summed E-state index contributed by atoms with van der Waals surface area (Å²) in [5.74, 6) is -0.464. The van der Waals surface area contributed by atoms with E-state index in [4.69, 9.17) is 4.18 Å². The molecule has 0 aromatic heterocycles. The second-order valence-electron chi connectivity index (χ2n) is 6.50. The smallest absolute Gasteiger partial charge is 0.339 e. The van der Waals surface area contributed by atoms with Crippen LogP contribution in [0.4, 0.5) is 0 Å². The average Bonchev–Trinajstić information content (AvgIpc) is 2.79. The summed E-state index contributed by atoms with van der Waals surface area (Å²) in [6.45, 7) is 0.288. The molecule has 0 bridgehead atoms. The highest BCUT2D eigenvalue weighted by atomic mass is 79.9. The molecule has 3 aromatic carbocycles. The van der Waals surface area contributed by atoms with Gasteiger partial charge in [-0.05, 0) is 73.3 Å². The summed E-state index contributed by atoms with van der Waals surface area (Å²) in [5, 5.41) is 12.1. The van der Waals surface area contributed by atoms with Crippen molar-refractivity contribution in [2.75, 3.05) is 0 Å². The molecule has 1 amide bonds. The molecule has 32 heavy (non-hydrogen) atoms. The highest BCUT2D eigenvalue weighted by Crippen LogP contribution is 2.37. The highest BCUT2D eigenvalue weighted by Gasteiger charge is 2.20. The van der Waals surface area contributed by atoms with Gasteiger partial charge in [-0.3, -0.25) is 4.79 Å². The number of amides is 1. The van der Waals surface area contributed by atoms with Crippen molar-refractivity contribution in [2.45, 2.75) is 11.4 Å². The molecule has 0 aliphatic heterocycles. The molecule has 3 rings (SSSR count). The Labute approximate surface area is 202 Å². The zero-order chi connectivity index (χ0) is 23.1. The van der Waals surface area contributed by atoms with Crippen molar-refractivity contribution in [1.82, 2.24) is 5.32 Å². The minimum absolute atomic E-state index is 0.0182. The van der Waals surface area contributed by atoms with Gasteiger partial charge in [-0.15, -0.1) is 0 Å². The fourth-order valence-electron chi connectivity index (χ4n) is 2.68. The van der Waals surface area contributed by atoms with Crippen molar-refractivity contribution in [1.29, 1.82) is 5.26 Å². The Kier molecular flexibility index (Phi) is 7.85. The Morgan fingerprint density at radius 1 is 1.00 bits per heavy atom. The number of hydrogen-bond acceptors (Lipinski definition) is 5. The van der Waals surface area contributed by atoms with Gasteiger partial charge >= 0.3 is 10.1 Å². The van der Waals surface area contributed by atoms with Gasteiger partial charge in [0, 0.05) is 6.54 Å². The van der Waals surface area contributed by atoms with E-state index in [0.717, 1.165) is 5.56 Å². The van der Waals surface area contributed by atoms with Crippen LogP contribution in [0.25, 0.3) is 6.08 Å². The standard InChI is InChI=1S/C23H16Br2N2O4S/c24-20-12-17(11-18(14-26)23(28)27-15-16-7-3-1-4-8-16)13-21(25)22(20)31-32(29,30)19-9-5-2-6-10-19/h1-13H,15H2,(H,27,28)/b18-11+. The number of nitrogens with zero attached hydrogens (tertiary/aromatic N) is 1. The molecule has 6 nitrogen and oxygen atoms in total. The predicted octanol–water partition coefficient (Wildman–Crippen LogP) is 5.20. The van der Waals surface area contributed by atoms with Gasteiger partial charge in [-0.25, -0.2) is 0 Å². The molecule has 1 N–H and O–H groups in total. The lowest BCUT2D eigenvalue weighted by Crippen LogP contribution is -2.23. The number of nitriles is 1. The molecule has 9 heteroatoms. The van der Waals surface area contributed by atoms with E-state index < -0.39 is 16.0 Å². The van der Waals surface area contributed by atoms with Crippen molar-refractivity contribution in [3.05, 3.63) is 98.4 Å². The van der Waals surface area contributed by atoms with Crippen LogP contribution in [0.3, 0.4) is 0 Å². The van der Waals surface area contributed by atoms with Gasteiger partial charge in [0.25, 0.3) is 5.91 Å². The number of carbonyl (C=O) groups is 1. The van der Waals surface area contributed by atoms with Crippen LogP contribution in [-0.4, -0.2) is 14.3 Å². The zero-order valence-electron chi connectivity index (χ0n) is 16.5. The summed E-state index contributed by atoms with van der Waals surface area (Å²) in [5.41, 5.74) is 1.31. The third kappa shape index (κ3) is 6.07. The van der Waals surface area contributed by atoms with Crippen LogP contribution in [-0.2, 0) is 21.5 Å². The fourth-order valence-corrected chi connectivity index (χ4v) is 5.26. The lowest BCUT2D eigenvalue weighted by atomic mass is 10.1. The Morgan fingerprint density at radius 3 is 2.12 bits per heavy atom. The summed E-state index contributed by atoms with van der Waals surface area (Å²) in [7, 11) is -4.04. The Hall–Kier alpha value is -2.93. The lowest BCUT2D eigenvalue weighted by Gasteiger charge is -2.11. The maximum absolute atomic E-state index is 12.5. The first-order valence-corrected chi connectivity index (χ1v) is 12.2. The van der Waals surface area contributed by atoms with E-state index in [1.54, 1.807) is 30.3 Å². The number of benzene rings is 3. The maximum Gasteiger partial charge on any atom is 0.339 e. The summed E-state index contributed by atoms with van der Waals surface area (Å²) >= 11 is 6.60. The predicted molar refractivity (Wildman–Crippen MR) is 128 cm³/mol. The van der Waals surface area contributed by atoms with Crippen LogP contribution < -0.4 is 9.50 Å². The number of hydrogen-bond donors (Lipinski definition) is 1. The van der Waals surface area contributed by atoms with E-state index >= 15 is 0 Å². The van der Waals surface area contributed by atoms with Crippen molar-refractivity contribution in [2.24, 2.45) is 0 Å². The van der Waals surface area contributed by atoms with E-state index in [9.17, 15) is 18.5 Å². The second kappa shape index (κ2) is 10.6. The summed E-state index contributed by atoms with van der Waals surface area (Å²) < 4.78 is 31.0. The molecule has 0 saturated heterocycles. The molecule has 0 fully saturated rings. The van der Waals surface area contributed by atoms with Crippen LogP contribution >= 0.6 is 31.9 Å². The SMILES string of the molecule is N#C/C(=C\c1cc(Br)c(OS(=O)(=O)c2ccccc2)c(Br)c1)C(=O)NCc1ccccc1. The van der Waals surface area contributed by atoms with Gasteiger partial charge in [0.2, 0.25) is 0 Å². The first-order chi connectivity index (χ1) is 15.3. The summed E-state index contributed by atoms with van der Waals surface area (Å²) in [6.07, 6.45) is 1.41. The topological polar surface area (TPSA) is 96.3 Å². The lowest BCUT2D eigenvalue weighted by molar-refractivity contribution is -0.117. The van der Waals surface area contributed by atoms with Gasteiger partial charge in [0.1, 0.15) is 16.5 Å². The maximum atomic E-state index is 12.5. The molecular formula is C23H16Br2N2O4S. The number of rotatable bonds is 7. The Morgan fingerprint density at radius 2 is 1.56 bits per heavy atom. The van der Waals surface area contributed by atoms with Gasteiger partial charge in [0.05, 0.1) is 8.95 Å². The highest BCUT2D eigenvalue weighted by molar-refractivity contribution is 9.11. The van der Waals surface area contributed by atoms with Crippen molar-refractivity contribution in [3.8, 4) is 11.8 Å². The molecule has 0 atom stereocenters. The third-order valence-electron chi connectivity index (χ3n) is 4.22. The first kappa shape index (κ1) is 23.7. The molecule has 3 aromatic rings. The molecular weight excluding hydrogens is 560 g/mol. The monoisotopic (exact) mass is 574 g/mol. The number of carbonyl (C=O) groups excluding carboxylic acids is 1. The molecule has 0 aliphatic rings. The third-order valence-corrected chi connectivity index (χ3v) is 6.63. The minimum atomic E-state index is -4.04. The molecule has 0 heterocycles. The van der Waals surface area contributed by atoms with E-state index in [1.165, 1.54) is 18.2 Å². The largest absolute Gasteiger partial charge is 0.377 e. The van der Waals surface area contributed by atoms with Gasteiger partial charge < -0.3 is 9.50 Å². The Bertz CT molecular complexity index is 1280. The van der Waals surface area contributed by atoms with Gasteiger partial charge in [-0.2, -0.15) is 13.7 Å². The van der Waals surface area contributed by atoms with E-state index in [0.29, 0.717) is 14.5 Å². The molecule has 0 aliphatic carbocycles. The molecule has 162 valence electrons. The van der Waals surface area contributed by atoms with Gasteiger partial charge in [-0.1, -0.05) is 48.5 Å². The van der Waals surface area contributed by atoms with Crippen molar-refractivity contribution in [3.63, 3.8) is 0 Å². The summed E-state index contributed by atoms with van der Waals surface area (Å²) in [4.78, 5) is 12.4. The molecule has 0 saturated carbocycles. The normalized spacial score (nSPS) is 11.5. The average molecular weight is 576 g/mol. The molecule has 0 unspecified atom stereocenters. The fraction of sp³-hybridized carbons (Fsp3) is 0.0435. The summed E-state index contributed by atoms with van der Waals surface area (Å²) in [6, 6.07) is 22.1. The van der Waals surface area contributed by atoms with Crippen LogP contribution in [0.2, 0.25) is 0 Å². The van der Waals surface area contributed by atoms with Crippen LogP contribution in [0, 0.1) is 11.3 Å². The molecule has 0 radical (unpaired) electrons. The number of nitrogens with one attached hydrogen (secondary N) is 1. The Balaban J connectivity index is 1.80. The first-order valence-electron chi connectivity index (χ1n) is 9.22. The van der Waals surface area contributed by atoms with Gasteiger partial charge in [0.15, 0.2) is 5.75 Å². The zero-order valence-corrected chi connectivity index (χ0v) is 20.4. The number of halogens is 2. The van der Waals surface area contributed by atoms with E-state index in [-0.39, 0.29) is 22.8 Å². The van der Waals surface area contributed by atoms with E-state index in [2.05, 4.69) is 37.2 Å². The molecule has 0 spiro atoms. The van der Waals surface area contributed by atoms with Crippen molar-refractivity contribution < 1.29 is 17.4 Å². The second-order valence-corrected chi connectivity index (χ2v) is 9.76. The van der Waals surface area contributed by atoms with Crippen LogP contribution in [0.15, 0.2) is 92.2 Å². The van der Waals surface area contributed by atoms with Crippen LogP contribution in [0.1, 0.15) is 11.1 Å². The minimum Gasteiger partial charge on any atom is -0.377 e. The quantitative estimate of drug-likeness (QED) is 0.237. The van der Waals surface area contributed by atoms with E-state index in [1.807, 2.05) is 36.4 Å². The van der Waals surface area contributed by atoms with Crippen LogP contribution in [0.5, 0.6) is 5.75 Å². The van der Waals surface area contributed by atoms with Crippen molar-refractivity contribution >= 4 is 54.0 Å².